The summed E-state index contributed by atoms with van der Waals surface area (Å²) in [5.41, 5.74) is 0. The fourth-order valence-corrected chi connectivity index (χ4v) is 2.30. The maximum atomic E-state index is 12.2. The number of hydrogen-bond acceptors (Lipinski definition) is 1. The van der Waals surface area contributed by atoms with E-state index in [1.165, 1.54) is 0 Å². The van der Waals surface area contributed by atoms with E-state index in [1.54, 1.807) is 0 Å². The zero-order valence-electron chi connectivity index (χ0n) is 6.40. The molecule has 0 N–H and O–H groups in total. The highest BCUT2D eigenvalue weighted by molar-refractivity contribution is 5.85. The molecule has 0 saturated heterocycles. The number of Topliss-reactive ketones (excluding diaryl/α,β-unsaturated/α-hetero) is 1. The van der Waals surface area contributed by atoms with E-state index in [0.29, 0.717) is 19.3 Å². The first-order chi connectivity index (χ1) is 5.52. The SMILES string of the molecule is O=C1CCCC2C1C2C(F)(F)F. The molecule has 3 unspecified atom stereocenters. The number of halogens is 3. The van der Waals surface area contributed by atoms with Crippen LogP contribution in [0, 0.1) is 17.8 Å². The molecule has 0 heterocycles. The Morgan fingerprint density at radius 2 is 2.00 bits per heavy atom. The van der Waals surface area contributed by atoms with Gasteiger partial charge in [-0.3, -0.25) is 4.79 Å². The van der Waals surface area contributed by atoms with Gasteiger partial charge in [0.2, 0.25) is 0 Å². The summed E-state index contributed by atoms with van der Waals surface area (Å²) in [7, 11) is 0. The van der Waals surface area contributed by atoms with Gasteiger partial charge in [-0.15, -0.1) is 0 Å². The van der Waals surface area contributed by atoms with Crippen molar-refractivity contribution in [2.75, 3.05) is 0 Å². The van der Waals surface area contributed by atoms with Gasteiger partial charge in [-0.25, -0.2) is 0 Å². The minimum atomic E-state index is -4.14. The van der Waals surface area contributed by atoms with Gasteiger partial charge < -0.3 is 0 Å². The number of fused-ring (bicyclic) bond motifs is 1. The molecule has 0 aromatic carbocycles. The van der Waals surface area contributed by atoms with E-state index in [2.05, 4.69) is 0 Å². The Morgan fingerprint density at radius 1 is 1.33 bits per heavy atom. The predicted molar refractivity (Wildman–Crippen MR) is 35.4 cm³/mol. The average Bonchev–Trinajstić information content (AvgIpc) is 2.60. The number of carbonyl (C=O) groups is 1. The molecule has 3 atom stereocenters. The Balaban J connectivity index is 2.10. The first kappa shape index (κ1) is 8.08. The van der Waals surface area contributed by atoms with Crippen LogP contribution in [0.1, 0.15) is 19.3 Å². The topological polar surface area (TPSA) is 17.1 Å². The van der Waals surface area contributed by atoms with E-state index in [9.17, 15) is 18.0 Å². The van der Waals surface area contributed by atoms with Gasteiger partial charge in [0.25, 0.3) is 0 Å². The molecule has 2 saturated carbocycles. The molecule has 68 valence electrons. The quantitative estimate of drug-likeness (QED) is 0.555. The van der Waals surface area contributed by atoms with Gasteiger partial charge in [-0.05, 0) is 18.8 Å². The molecule has 2 aliphatic carbocycles. The molecule has 0 spiro atoms. The van der Waals surface area contributed by atoms with E-state index in [0.717, 1.165) is 0 Å². The van der Waals surface area contributed by atoms with Crippen LogP contribution in [0.2, 0.25) is 0 Å². The number of ketones is 1. The van der Waals surface area contributed by atoms with Crippen molar-refractivity contribution in [3.8, 4) is 0 Å². The van der Waals surface area contributed by atoms with Crippen LogP contribution in [0.5, 0.6) is 0 Å². The molecule has 1 nitrogen and oxygen atoms in total. The summed E-state index contributed by atoms with van der Waals surface area (Å²) in [5.74, 6) is -2.51. The Morgan fingerprint density at radius 3 is 2.50 bits per heavy atom. The summed E-state index contributed by atoms with van der Waals surface area (Å²) in [6.07, 6.45) is -2.56. The van der Waals surface area contributed by atoms with E-state index >= 15 is 0 Å². The predicted octanol–water partition coefficient (Wildman–Crippen LogP) is 2.16. The van der Waals surface area contributed by atoms with Crippen LogP contribution < -0.4 is 0 Å². The van der Waals surface area contributed by atoms with Gasteiger partial charge in [0.1, 0.15) is 5.78 Å². The van der Waals surface area contributed by atoms with Gasteiger partial charge in [0.05, 0.1) is 5.92 Å². The highest BCUT2D eigenvalue weighted by atomic mass is 19.4. The molecule has 2 rings (SSSR count). The largest absolute Gasteiger partial charge is 0.392 e. The molecule has 12 heavy (non-hydrogen) atoms. The van der Waals surface area contributed by atoms with Crippen molar-refractivity contribution < 1.29 is 18.0 Å². The molecule has 0 aromatic rings. The van der Waals surface area contributed by atoms with Crippen molar-refractivity contribution in [2.45, 2.75) is 25.4 Å². The Labute approximate surface area is 67.9 Å². The van der Waals surface area contributed by atoms with Crippen LogP contribution in [0.3, 0.4) is 0 Å². The lowest BCUT2D eigenvalue weighted by Gasteiger charge is -2.04. The molecule has 2 fully saturated rings. The van der Waals surface area contributed by atoms with Gasteiger partial charge in [0, 0.05) is 12.3 Å². The second-order valence-electron chi connectivity index (χ2n) is 3.62. The third-order valence-electron chi connectivity index (χ3n) is 2.88. The molecule has 4 heteroatoms. The van der Waals surface area contributed by atoms with Crippen molar-refractivity contribution in [1.29, 1.82) is 0 Å². The smallest absolute Gasteiger partial charge is 0.299 e. The fourth-order valence-electron chi connectivity index (χ4n) is 2.30. The van der Waals surface area contributed by atoms with Crippen molar-refractivity contribution in [3.05, 3.63) is 0 Å². The van der Waals surface area contributed by atoms with E-state index in [4.69, 9.17) is 0 Å². The minimum absolute atomic E-state index is 0.173. The molecule has 0 aromatic heterocycles. The summed E-state index contributed by atoms with van der Waals surface area (Å²) < 4.78 is 36.5. The summed E-state index contributed by atoms with van der Waals surface area (Å²) >= 11 is 0. The zero-order chi connectivity index (χ0) is 8.93. The fraction of sp³-hybridized carbons (Fsp3) is 0.875. The monoisotopic (exact) mass is 178 g/mol. The number of carbonyl (C=O) groups excluding carboxylic acids is 1. The van der Waals surface area contributed by atoms with Crippen molar-refractivity contribution in [2.24, 2.45) is 17.8 Å². The lowest BCUT2D eigenvalue weighted by Crippen LogP contribution is -2.14. The standard InChI is InChI=1S/C8H9F3O/c9-8(10,11)7-4-2-1-3-5(12)6(4)7/h4,6-7H,1-3H2. The van der Waals surface area contributed by atoms with E-state index < -0.39 is 18.0 Å². The van der Waals surface area contributed by atoms with Crippen LogP contribution in [-0.4, -0.2) is 12.0 Å². The van der Waals surface area contributed by atoms with Gasteiger partial charge in [-0.1, -0.05) is 0 Å². The van der Waals surface area contributed by atoms with Crippen LogP contribution in [0.4, 0.5) is 13.2 Å². The van der Waals surface area contributed by atoms with Crippen molar-refractivity contribution in [3.63, 3.8) is 0 Å². The average molecular weight is 178 g/mol. The number of rotatable bonds is 0. The summed E-state index contributed by atoms with van der Waals surface area (Å²) in [6, 6.07) is 0. The Kier molecular flexibility index (Phi) is 1.50. The maximum absolute atomic E-state index is 12.2. The van der Waals surface area contributed by atoms with Crippen molar-refractivity contribution in [1.82, 2.24) is 0 Å². The molecular weight excluding hydrogens is 169 g/mol. The summed E-state index contributed by atoms with van der Waals surface area (Å²) in [6.45, 7) is 0. The number of hydrogen-bond donors (Lipinski definition) is 0. The first-order valence-corrected chi connectivity index (χ1v) is 4.11. The zero-order valence-corrected chi connectivity index (χ0v) is 6.40. The van der Waals surface area contributed by atoms with Crippen LogP contribution in [0.25, 0.3) is 0 Å². The van der Waals surface area contributed by atoms with Crippen molar-refractivity contribution >= 4 is 5.78 Å². The van der Waals surface area contributed by atoms with Gasteiger partial charge in [0.15, 0.2) is 0 Å². The van der Waals surface area contributed by atoms with Gasteiger partial charge in [-0.2, -0.15) is 13.2 Å². The highest BCUT2D eigenvalue weighted by Crippen LogP contribution is 2.60. The normalized spacial score (nSPS) is 40.9. The Hall–Kier alpha value is -0.540. The molecule has 0 amide bonds. The van der Waals surface area contributed by atoms with E-state index in [-0.39, 0.29) is 11.7 Å². The molecule has 2 aliphatic rings. The van der Waals surface area contributed by atoms with Crippen LogP contribution in [-0.2, 0) is 4.79 Å². The van der Waals surface area contributed by atoms with Gasteiger partial charge >= 0.3 is 6.18 Å². The third kappa shape index (κ3) is 1.04. The molecule has 0 aliphatic heterocycles. The minimum Gasteiger partial charge on any atom is -0.299 e. The van der Waals surface area contributed by atoms with Crippen LogP contribution >= 0.6 is 0 Å². The van der Waals surface area contributed by atoms with Crippen LogP contribution in [0.15, 0.2) is 0 Å². The molecule has 0 bridgehead atoms. The maximum Gasteiger partial charge on any atom is 0.392 e. The van der Waals surface area contributed by atoms with E-state index in [1.807, 2.05) is 0 Å². The highest BCUT2D eigenvalue weighted by Gasteiger charge is 2.67. The molecular formula is C8H9F3O. The number of alkyl halides is 3. The first-order valence-electron chi connectivity index (χ1n) is 4.11. The Bertz CT molecular complexity index is 221. The summed E-state index contributed by atoms with van der Waals surface area (Å²) in [4.78, 5) is 11.0. The summed E-state index contributed by atoms with van der Waals surface area (Å²) in [5, 5.41) is 0. The molecule has 0 radical (unpaired) electrons. The second kappa shape index (κ2) is 2.24. The third-order valence-corrected chi connectivity index (χ3v) is 2.88. The lowest BCUT2D eigenvalue weighted by molar-refractivity contribution is -0.156. The second-order valence-corrected chi connectivity index (χ2v) is 3.62. The lowest BCUT2D eigenvalue weighted by atomic mass is 10.00.